The van der Waals surface area contributed by atoms with Crippen molar-refractivity contribution < 1.29 is 36.2 Å². The summed E-state index contributed by atoms with van der Waals surface area (Å²) in [7, 11) is -6.17. The first-order valence-corrected chi connectivity index (χ1v) is 19.5. The zero-order valence-corrected chi connectivity index (χ0v) is 29.9. The number of carbonyl (C=O) groups excluding carboxylic acids is 1. The van der Waals surface area contributed by atoms with Gasteiger partial charge in [0.05, 0.1) is 35.3 Å². The molecule has 2 N–H and O–H groups in total. The molecule has 4 atom stereocenters. The fraction of sp³-hybridized carbons (Fsp3) is 0.485. The number of aliphatic hydroxyl groups excluding tert-OH is 1. The van der Waals surface area contributed by atoms with Gasteiger partial charge in [-0.05, 0) is 81.8 Å². The number of sulfonamides is 2. The molecule has 0 spiro atoms. The number of amides is 1. The fourth-order valence-electron chi connectivity index (χ4n) is 5.30. The number of rotatable bonds is 9. The lowest BCUT2D eigenvalue weighted by molar-refractivity contribution is -0.00832. The van der Waals surface area contributed by atoms with E-state index in [1.165, 1.54) is 34.5 Å². The summed E-state index contributed by atoms with van der Waals surface area (Å²) in [5.74, 6) is -0.508. The molecule has 11 nitrogen and oxygen atoms in total. The SMILES string of the molecule is Cc1ccc(S(=O)(=O)Nc2ccc3c(c2)C(=O)N([C@H](C)CO)C[C@H](C)[C@@H](CN(C)S(=O)(=O)c2cccs2)OCCCC[C@H](C)O3)cc1. The molecule has 1 amide bonds. The van der Waals surface area contributed by atoms with Crippen LogP contribution in [-0.4, -0.2) is 88.7 Å². The largest absolute Gasteiger partial charge is 0.490 e. The Morgan fingerprint density at radius 2 is 1.81 bits per heavy atom. The van der Waals surface area contributed by atoms with Gasteiger partial charge in [0.1, 0.15) is 9.96 Å². The van der Waals surface area contributed by atoms with E-state index in [1.54, 1.807) is 48.7 Å². The molecule has 258 valence electrons. The Bertz CT molecular complexity index is 1700. The summed E-state index contributed by atoms with van der Waals surface area (Å²) in [6, 6.07) is 13.7. The number of hydrogen-bond acceptors (Lipinski definition) is 9. The summed E-state index contributed by atoms with van der Waals surface area (Å²) in [5, 5.41) is 11.9. The van der Waals surface area contributed by atoms with E-state index in [4.69, 9.17) is 9.47 Å². The van der Waals surface area contributed by atoms with Crippen molar-refractivity contribution in [3.05, 3.63) is 71.1 Å². The molecule has 3 aromatic rings. The number of hydrogen-bond donors (Lipinski definition) is 2. The average molecular weight is 708 g/mol. The Hall–Kier alpha value is -3.01. The first kappa shape index (κ1) is 36.8. The van der Waals surface area contributed by atoms with Crippen LogP contribution < -0.4 is 9.46 Å². The molecule has 1 aliphatic rings. The second-order valence-corrected chi connectivity index (χ2v) is 17.0. The minimum absolute atomic E-state index is 0.0674. The minimum Gasteiger partial charge on any atom is -0.490 e. The number of aliphatic hydroxyl groups is 1. The Labute approximate surface area is 282 Å². The predicted molar refractivity (Wildman–Crippen MR) is 183 cm³/mol. The van der Waals surface area contributed by atoms with Gasteiger partial charge < -0.3 is 19.5 Å². The van der Waals surface area contributed by atoms with Crippen molar-refractivity contribution in [3.8, 4) is 5.75 Å². The monoisotopic (exact) mass is 707 g/mol. The number of aryl methyl sites for hydroxylation is 1. The molecule has 0 radical (unpaired) electrons. The second kappa shape index (κ2) is 15.9. The van der Waals surface area contributed by atoms with Crippen molar-refractivity contribution in [2.75, 3.05) is 38.1 Å². The van der Waals surface area contributed by atoms with Crippen LogP contribution in [0.15, 0.2) is 69.1 Å². The third-order valence-electron chi connectivity index (χ3n) is 8.23. The number of ether oxygens (including phenoxy) is 2. The van der Waals surface area contributed by atoms with Crippen LogP contribution in [0.25, 0.3) is 0 Å². The van der Waals surface area contributed by atoms with E-state index in [1.807, 2.05) is 20.8 Å². The van der Waals surface area contributed by atoms with Crippen LogP contribution in [0.5, 0.6) is 5.75 Å². The van der Waals surface area contributed by atoms with Crippen molar-refractivity contribution in [2.45, 2.75) is 74.3 Å². The molecule has 1 aromatic heterocycles. The van der Waals surface area contributed by atoms with Crippen LogP contribution in [0.3, 0.4) is 0 Å². The van der Waals surface area contributed by atoms with Crippen LogP contribution in [-0.2, 0) is 24.8 Å². The molecule has 0 bridgehead atoms. The van der Waals surface area contributed by atoms with Crippen molar-refractivity contribution in [2.24, 2.45) is 5.92 Å². The van der Waals surface area contributed by atoms with Crippen LogP contribution in [0.1, 0.15) is 56.0 Å². The maximum atomic E-state index is 14.3. The zero-order valence-electron chi connectivity index (χ0n) is 27.5. The van der Waals surface area contributed by atoms with Crippen LogP contribution >= 0.6 is 11.3 Å². The summed E-state index contributed by atoms with van der Waals surface area (Å²) in [4.78, 5) is 15.9. The van der Waals surface area contributed by atoms with Gasteiger partial charge in [0, 0.05) is 38.3 Å². The summed E-state index contributed by atoms with van der Waals surface area (Å²) in [6.07, 6.45) is 1.35. The fourth-order valence-corrected chi connectivity index (χ4v) is 8.73. The van der Waals surface area contributed by atoms with Gasteiger partial charge in [-0.2, -0.15) is 4.31 Å². The third kappa shape index (κ3) is 9.33. The number of fused-ring (bicyclic) bond motifs is 1. The molecule has 4 rings (SSSR count). The lowest BCUT2D eigenvalue weighted by Crippen LogP contribution is -2.48. The van der Waals surface area contributed by atoms with Crippen molar-refractivity contribution in [1.29, 1.82) is 0 Å². The van der Waals surface area contributed by atoms with E-state index < -0.39 is 38.1 Å². The topological polar surface area (TPSA) is 143 Å². The smallest absolute Gasteiger partial charge is 0.261 e. The summed E-state index contributed by atoms with van der Waals surface area (Å²) in [6.45, 7) is 7.64. The molecule has 0 saturated carbocycles. The number of thiophene rings is 1. The molecular formula is C33H45N3O8S3. The maximum Gasteiger partial charge on any atom is 0.261 e. The summed E-state index contributed by atoms with van der Waals surface area (Å²) in [5.41, 5.74) is 1.24. The first-order chi connectivity index (χ1) is 22.2. The van der Waals surface area contributed by atoms with Gasteiger partial charge in [0.2, 0.25) is 0 Å². The average Bonchev–Trinajstić information content (AvgIpc) is 3.59. The molecule has 0 unspecified atom stereocenters. The van der Waals surface area contributed by atoms with Crippen molar-refractivity contribution in [1.82, 2.24) is 9.21 Å². The van der Waals surface area contributed by atoms with Gasteiger partial charge in [-0.1, -0.05) is 30.7 Å². The molecule has 14 heteroatoms. The first-order valence-electron chi connectivity index (χ1n) is 15.7. The number of carbonyl (C=O) groups is 1. The highest BCUT2D eigenvalue weighted by Gasteiger charge is 2.33. The molecule has 47 heavy (non-hydrogen) atoms. The molecule has 0 fully saturated rings. The van der Waals surface area contributed by atoms with Gasteiger partial charge in [-0.25, -0.2) is 16.8 Å². The lowest BCUT2D eigenvalue weighted by Gasteiger charge is -2.35. The Morgan fingerprint density at radius 1 is 1.09 bits per heavy atom. The van der Waals surface area contributed by atoms with E-state index in [2.05, 4.69) is 4.72 Å². The number of benzene rings is 2. The Balaban J connectivity index is 1.68. The Morgan fingerprint density at radius 3 is 2.47 bits per heavy atom. The minimum atomic E-state index is -3.95. The van der Waals surface area contributed by atoms with Crippen LogP contribution in [0.4, 0.5) is 5.69 Å². The van der Waals surface area contributed by atoms with E-state index in [0.717, 1.165) is 29.7 Å². The lowest BCUT2D eigenvalue weighted by atomic mass is 10.0. The molecule has 1 aliphatic heterocycles. The molecule has 0 saturated heterocycles. The molecule has 2 heterocycles. The van der Waals surface area contributed by atoms with Gasteiger partial charge in [-0.3, -0.25) is 9.52 Å². The van der Waals surface area contributed by atoms with E-state index >= 15 is 0 Å². The number of nitrogens with zero attached hydrogens (tertiary/aromatic N) is 2. The molecule has 2 aromatic carbocycles. The van der Waals surface area contributed by atoms with Gasteiger partial charge in [0.25, 0.3) is 26.0 Å². The summed E-state index contributed by atoms with van der Waals surface area (Å²) < 4.78 is 69.5. The van der Waals surface area contributed by atoms with E-state index in [9.17, 15) is 26.7 Å². The number of anilines is 1. The van der Waals surface area contributed by atoms with E-state index in [0.29, 0.717) is 18.8 Å². The van der Waals surface area contributed by atoms with Gasteiger partial charge >= 0.3 is 0 Å². The maximum absolute atomic E-state index is 14.3. The number of likely N-dealkylation sites (N-methyl/N-ethyl adjacent to an activating group) is 1. The van der Waals surface area contributed by atoms with Gasteiger partial charge in [-0.15, -0.1) is 11.3 Å². The Kier molecular flexibility index (Phi) is 12.5. The molecule has 0 aliphatic carbocycles. The highest BCUT2D eigenvalue weighted by molar-refractivity contribution is 7.92. The van der Waals surface area contributed by atoms with Gasteiger partial charge in [0.15, 0.2) is 0 Å². The second-order valence-electron chi connectivity index (χ2n) is 12.1. The third-order valence-corrected chi connectivity index (χ3v) is 12.8. The quantitative estimate of drug-likeness (QED) is 0.318. The highest BCUT2D eigenvalue weighted by atomic mass is 32.2. The van der Waals surface area contributed by atoms with Crippen LogP contribution in [0.2, 0.25) is 0 Å². The zero-order chi connectivity index (χ0) is 34.4. The predicted octanol–water partition coefficient (Wildman–Crippen LogP) is 4.97. The normalized spacial score (nSPS) is 21.0. The van der Waals surface area contributed by atoms with E-state index in [-0.39, 0.29) is 52.1 Å². The van der Waals surface area contributed by atoms with Crippen molar-refractivity contribution >= 4 is 43.0 Å². The highest BCUT2D eigenvalue weighted by Crippen LogP contribution is 2.30. The molecular weight excluding hydrogens is 663 g/mol. The van der Waals surface area contributed by atoms with Crippen LogP contribution in [0, 0.1) is 12.8 Å². The van der Waals surface area contributed by atoms with Crippen molar-refractivity contribution in [3.63, 3.8) is 0 Å². The number of nitrogens with one attached hydrogen (secondary N) is 1. The summed E-state index contributed by atoms with van der Waals surface area (Å²) >= 11 is 1.14. The standard InChI is InChI=1S/C33H45N3O8S3/c1-23-11-14-28(15-12-23)46(39,40)34-27-13-16-30-29(19-27)33(38)36(25(3)22-37)20-24(2)31(43-17-7-6-9-26(4)44-30)21-35(5)47(41,42)32-10-8-18-45-32/h8,10-16,18-19,24-26,31,34,37H,6-7,9,17,20-22H2,1-5H3/t24-,25+,26-,31+/m0/s1.